The van der Waals surface area contributed by atoms with E-state index in [4.69, 9.17) is 44.9 Å². The zero-order valence-electron chi connectivity index (χ0n) is 18.3. The van der Waals surface area contributed by atoms with Crippen molar-refractivity contribution in [3.05, 3.63) is 87.2 Å². The highest BCUT2D eigenvalue weighted by Crippen LogP contribution is 2.38. The molecule has 1 N–H and O–H groups in total. The number of carbonyl (C=O) groups is 2. The maximum Gasteiger partial charge on any atom is 0.270 e. The number of nitrogens with one attached hydrogen (secondary N) is 1. The minimum atomic E-state index is -0.303. The molecule has 3 aromatic carbocycles. The molecule has 35 heavy (non-hydrogen) atoms. The van der Waals surface area contributed by atoms with Crippen LogP contribution >= 0.6 is 47.2 Å². The van der Waals surface area contributed by atoms with Crippen molar-refractivity contribution in [2.45, 2.75) is 0 Å². The summed E-state index contributed by atoms with van der Waals surface area (Å²) >= 11 is 18.7. The van der Waals surface area contributed by atoms with Gasteiger partial charge in [-0.1, -0.05) is 59.3 Å². The fraction of sp³-hybridized carbons (Fsp3) is 0.0800. The minimum Gasteiger partial charge on any atom is -0.497 e. The van der Waals surface area contributed by atoms with Crippen LogP contribution in [-0.2, 0) is 9.59 Å². The number of amides is 2. The van der Waals surface area contributed by atoms with Gasteiger partial charge in [0.05, 0.1) is 27.7 Å². The third-order valence-electron chi connectivity index (χ3n) is 4.85. The van der Waals surface area contributed by atoms with Crippen molar-refractivity contribution in [3.8, 4) is 11.5 Å². The monoisotopic (exact) mass is 544 g/mol. The number of halogens is 2. The fourth-order valence-electron chi connectivity index (χ4n) is 3.18. The first-order valence-electron chi connectivity index (χ1n) is 10.2. The lowest BCUT2D eigenvalue weighted by atomic mass is 10.2. The van der Waals surface area contributed by atoms with Gasteiger partial charge in [0.25, 0.3) is 11.8 Å². The normalized spacial score (nSPS) is 14.4. The molecule has 4 rings (SSSR count). The quantitative estimate of drug-likeness (QED) is 0.273. The summed E-state index contributed by atoms with van der Waals surface area (Å²) in [6.45, 7) is -0.172. The van der Waals surface area contributed by atoms with Crippen LogP contribution in [0.25, 0.3) is 6.08 Å². The zero-order valence-corrected chi connectivity index (χ0v) is 21.4. The summed E-state index contributed by atoms with van der Waals surface area (Å²) in [6.07, 6.45) is 1.72. The SMILES string of the molecule is COc1ccc(NC(=O)COc2cccc(/C=C3\SC(=S)N(c4ccc(Cl)c(Cl)c4)C3=O)c2)cc1. The number of thiocarbonyl (C=S) groups is 1. The number of carbonyl (C=O) groups excluding carboxylic acids is 2. The van der Waals surface area contributed by atoms with Crippen LogP contribution in [0.2, 0.25) is 10.0 Å². The van der Waals surface area contributed by atoms with Crippen LogP contribution in [0, 0.1) is 0 Å². The summed E-state index contributed by atoms with van der Waals surface area (Å²) < 4.78 is 11.1. The summed E-state index contributed by atoms with van der Waals surface area (Å²) in [6, 6.07) is 19.0. The molecule has 178 valence electrons. The summed E-state index contributed by atoms with van der Waals surface area (Å²) in [7, 11) is 1.58. The van der Waals surface area contributed by atoms with E-state index in [2.05, 4.69) is 5.32 Å². The van der Waals surface area contributed by atoms with Gasteiger partial charge in [-0.2, -0.15) is 0 Å². The third kappa shape index (κ3) is 6.15. The number of anilines is 2. The fourth-order valence-corrected chi connectivity index (χ4v) is 4.77. The molecule has 0 atom stereocenters. The molecule has 1 saturated heterocycles. The van der Waals surface area contributed by atoms with Crippen molar-refractivity contribution in [1.29, 1.82) is 0 Å². The summed E-state index contributed by atoms with van der Waals surface area (Å²) in [5.74, 6) is 0.625. The topological polar surface area (TPSA) is 67.9 Å². The number of ether oxygens (including phenoxy) is 2. The van der Waals surface area contributed by atoms with Crippen LogP contribution in [0.3, 0.4) is 0 Å². The first-order chi connectivity index (χ1) is 16.8. The van der Waals surface area contributed by atoms with Gasteiger partial charge in [-0.25, -0.2) is 0 Å². The highest BCUT2D eigenvalue weighted by Gasteiger charge is 2.33. The number of rotatable bonds is 7. The highest BCUT2D eigenvalue weighted by molar-refractivity contribution is 8.27. The number of hydrogen-bond acceptors (Lipinski definition) is 6. The number of thioether (sulfide) groups is 1. The first kappa shape index (κ1) is 25.1. The highest BCUT2D eigenvalue weighted by atomic mass is 35.5. The smallest absolute Gasteiger partial charge is 0.270 e. The lowest BCUT2D eigenvalue weighted by Crippen LogP contribution is -2.27. The number of methoxy groups -OCH3 is 1. The Bertz CT molecular complexity index is 1330. The molecule has 1 heterocycles. The Morgan fingerprint density at radius 3 is 2.54 bits per heavy atom. The van der Waals surface area contributed by atoms with Crippen LogP contribution in [0.5, 0.6) is 11.5 Å². The average Bonchev–Trinajstić information content (AvgIpc) is 3.13. The van der Waals surface area contributed by atoms with Gasteiger partial charge in [0.15, 0.2) is 10.9 Å². The van der Waals surface area contributed by atoms with Crippen molar-refractivity contribution in [2.75, 3.05) is 23.9 Å². The molecule has 0 spiro atoms. The molecule has 0 aromatic heterocycles. The van der Waals surface area contributed by atoms with Crippen LogP contribution in [0.15, 0.2) is 71.6 Å². The van der Waals surface area contributed by atoms with E-state index >= 15 is 0 Å². The zero-order chi connectivity index (χ0) is 24.9. The van der Waals surface area contributed by atoms with Crippen molar-refractivity contribution < 1.29 is 19.1 Å². The lowest BCUT2D eigenvalue weighted by Gasteiger charge is -2.15. The molecule has 0 aliphatic carbocycles. The Labute approximate surface area is 221 Å². The van der Waals surface area contributed by atoms with Gasteiger partial charge in [0.1, 0.15) is 11.5 Å². The maximum atomic E-state index is 13.0. The van der Waals surface area contributed by atoms with Gasteiger partial charge < -0.3 is 14.8 Å². The van der Waals surface area contributed by atoms with E-state index in [0.29, 0.717) is 42.1 Å². The maximum absolute atomic E-state index is 13.0. The molecule has 2 amide bonds. The van der Waals surface area contributed by atoms with E-state index < -0.39 is 0 Å². The summed E-state index contributed by atoms with van der Waals surface area (Å²) in [5.41, 5.74) is 1.91. The second-order valence-electron chi connectivity index (χ2n) is 7.25. The van der Waals surface area contributed by atoms with Gasteiger partial charge in [-0.05, 0) is 66.2 Å². The van der Waals surface area contributed by atoms with Crippen LogP contribution in [0.4, 0.5) is 11.4 Å². The predicted molar refractivity (Wildman–Crippen MR) is 146 cm³/mol. The third-order valence-corrected chi connectivity index (χ3v) is 6.90. The van der Waals surface area contributed by atoms with E-state index in [1.54, 1.807) is 73.8 Å². The number of nitrogens with zero attached hydrogens (tertiary/aromatic N) is 1. The molecule has 6 nitrogen and oxygen atoms in total. The molecule has 0 saturated carbocycles. The Morgan fingerprint density at radius 1 is 1.06 bits per heavy atom. The van der Waals surface area contributed by atoms with Crippen LogP contribution in [0.1, 0.15) is 5.56 Å². The predicted octanol–water partition coefficient (Wildman–Crippen LogP) is 6.43. The Kier molecular flexibility index (Phi) is 7.97. The van der Waals surface area contributed by atoms with E-state index in [-0.39, 0.29) is 18.4 Å². The number of benzene rings is 3. The van der Waals surface area contributed by atoms with Gasteiger partial charge in [-0.3, -0.25) is 14.5 Å². The Morgan fingerprint density at radius 2 is 1.83 bits per heavy atom. The molecule has 1 fully saturated rings. The molecule has 0 unspecified atom stereocenters. The second kappa shape index (κ2) is 11.1. The van der Waals surface area contributed by atoms with Crippen molar-refractivity contribution in [3.63, 3.8) is 0 Å². The average molecular weight is 545 g/mol. The van der Waals surface area contributed by atoms with E-state index in [1.807, 2.05) is 6.07 Å². The van der Waals surface area contributed by atoms with Crippen LogP contribution < -0.4 is 19.7 Å². The van der Waals surface area contributed by atoms with Gasteiger partial charge >= 0.3 is 0 Å². The standard InChI is InChI=1S/C25H18Cl2N2O4S2/c1-32-18-8-5-16(6-9-18)28-23(30)14-33-19-4-2-3-15(11-19)12-22-24(31)29(25(34)35-22)17-7-10-20(26)21(27)13-17/h2-13H,14H2,1H3,(H,28,30)/b22-12-. The minimum absolute atomic E-state index is 0.172. The van der Waals surface area contributed by atoms with Crippen molar-refractivity contribution >= 4 is 80.8 Å². The largest absolute Gasteiger partial charge is 0.497 e. The van der Waals surface area contributed by atoms with Crippen molar-refractivity contribution in [2.24, 2.45) is 0 Å². The van der Waals surface area contributed by atoms with Gasteiger partial charge in [0, 0.05) is 5.69 Å². The summed E-state index contributed by atoms with van der Waals surface area (Å²) in [5, 5.41) is 3.49. The first-order valence-corrected chi connectivity index (χ1v) is 12.2. The molecule has 1 aliphatic heterocycles. The Balaban J connectivity index is 1.41. The van der Waals surface area contributed by atoms with Crippen LogP contribution in [-0.4, -0.2) is 29.9 Å². The van der Waals surface area contributed by atoms with Crippen molar-refractivity contribution in [1.82, 2.24) is 0 Å². The summed E-state index contributed by atoms with van der Waals surface area (Å²) in [4.78, 5) is 27.1. The Hall–Kier alpha value is -3.04. The lowest BCUT2D eigenvalue weighted by molar-refractivity contribution is -0.118. The second-order valence-corrected chi connectivity index (χ2v) is 9.74. The molecule has 0 bridgehead atoms. The molecular formula is C25H18Cl2N2O4S2. The molecule has 0 radical (unpaired) electrons. The van der Waals surface area contributed by atoms with E-state index in [1.165, 1.54) is 16.7 Å². The van der Waals surface area contributed by atoms with E-state index in [0.717, 1.165) is 5.56 Å². The van der Waals surface area contributed by atoms with E-state index in [9.17, 15) is 9.59 Å². The van der Waals surface area contributed by atoms with Gasteiger partial charge in [0.2, 0.25) is 0 Å². The molecular weight excluding hydrogens is 527 g/mol. The molecule has 10 heteroatoms. The number of hydrogen-bond donors (Lipinski definition) is 1. The van der Waals surface area contributed by atoms with Gasteiger partial charge in [-0.15, -0.1) is 0 Å². The molecule has 1 aliphatic rings. The molecule has 3 aromatic rings.